The Bertz CT molecular complexity index is 159. The quantitative estimate of drug-likeness (QED) is 0.547. The van der Waals surface area contributed by atoms with Gasteiger partial charge in [-0.05, 0) is 20.8 Å². The first-order chi connectivity index (χ1) is 5.02. The van der Waals surface area contributed by atoms with Gasteiger partial charge in [0.15, 0.2) is 0 Å². The lowest BCUT2D eigenvalue weighted by Gasteiger charge is -2.59. The van der Waals surface area contributed by atoms with Crippen LogP contribution in [0.3, 0.4) is 0 Å². The van der Waals surface area contributed by atoms with Crippen LogP contribution in [0.1, 0.15) is 20.8 Å². The molecular formula is C9H17NS. The smallest absolute Gasteiger partial charge is 0.0139 e. The van der Waals surface area contributed by atoms with Crippen LogP contribution in [0, 0.1) is 5.41 Å². The van der Waals surface area contributed by atoms with E-state index in [9.17, 15) is 0 Å². The van der Waals surface area contributed by atoms with Crippen molar-refractivity contribution in [2.45, 2.75) is 26.3 Å². The Morgan fingerprint density at radius 3 is 2.00 bits per heavy atom. The van der Waals surface area contributed by atoms with Crippen molar-refractivity contribution in [3.05, 3.63) is 0 Å². The maximum Gasteiger partial charge on any atom is 0.0139 e. The number of hydrogen-bond donors (Lipinski definition) is 0. The number of rotatable bonds is 0. The van der Waals surface area contributed by atoms with E-state index in [0.717, 1.165) is 5.41 Å². The second kappa shape index (κ2) is 2.17. The maximum atomic E-state index is 2.59. The second-order valence-electron chi connectivity index (χ2n) is 5.02. The van der Waals surface area contributed by atoms with E-state index in [-0.39, 0.29) is 0 Å². The Morgan fingerprint density at radius 1 is 1.18 bits per heavy atom. The van der Waals surface area contributed by atoms with Crippen LogP contribution in [0.25, 0.3) is 0 Å². The first-order valence-corrected chi connectivity index (χ1v) is 5.50. The average molecular weight is 171 g/mol. The molecule has 0 saturated carbocycles. The summed E-state index contributed by atoms with van der Waals surface area (Å²) in [5.41, 5.74) is 1.17. The number of nitrogens with zero attached hydrogens (tertiary/aromatic N) is 1. The molecule has 0 aromatic carbocycles. The van der Waals surface area contributed by atoms with E-state index >= 15 is 0 Å². The molecule has 0 amide bonds. The topological polar surface area (TPSA) is 3.24 Å². The molecule has 0 atom stereocenters. The summed E-state index contributed by atoms with van der Waals surface area (Å²) in [5, 5.41) is 0. The van der Waals surface area contributed by atoms with Crippen molar-refractivity contribution < 1.29 is 0 Å². The SMILES string of the molecule is CC(C)(C)N1CC2(CSC2)C1. The van der Waals surface area contributed by atoms with Crippen LogP contribution in [-0.4, -0.2) is 35.0 Å². The van der Waals surface area contributed by atoms with Crippen LogP contribution in [0.2, 0.25) is 0 Å². The molecule has 2 heterocycles. The van der Waals surface area contributed by atoms with E-state index in [2.05, 4.69) is 37.4 Å². The summed E-state index contributed by atoms with van der Waals surface area (Å²) in [6.07, 6.45) is 0. The molecule has 0 radical (unpaired) electrons. The Morgan fingerprint density at radius 2 is 1.73 bits per heavy atom. The third-order valence-electron chi connectivity index (χ3n) is 2.82. The molecule has 0 unspecified atom stereocenters. The Balaban J connectivity index is 1.88. The Labute approximate surface area is 73.5 Å². The largest absolute Gasteiger partial charge is 0.297 e. The highest BCUT2D eigenvalue weighted by molar-refractivity contribution is 8.00. The molecule has 0 aliphatic carbocycles. The molecule has 0 bridgehead atoms. The van der Waals surface area contributed by atoms with Gasteiger partial charge in [0, 0.05) is 35.5 Å². The highest BCUT2D eigenvalue weighted by Gasteiger charge is 2.50. The van der Waals surface area contributed by atoms with Gasteiger partial charge in [0.05, 0.1) is 0 Å². The molecule has 0 aromatic rings. The molecule has 64 valence electrons. The maximum absolute atomic E-state index is 2.59. The van der Waals surface area contributed by atoms with Gasteiger partial charge in [-0.15, -0.1) is 0 Å². The van der Waals surface area contributed by atoms with Gasteiger partial charge >= 0.3 is 0 Å². The summed E-state index contributed by atoms with van der Waals surface area (Å²) in [5.74, 6) is 2.83. The van der Waals surface area contributed by atoms with Crippen LogP contribution in [0.5, 0.6) is 0 Å². The van der Waals surface area contributed by atoms with Crippen molar-refractivity contribution in [1.29, 1.82) is 0 Å². The zero-order valence-electron chi connectivity index (χ0n) is 7.68. The molecule has 2 aliphatic heterocycles. The second-order valence-corrected chi connectivity index (χ2v) is 6.01. The van der Waals surface area contributed by atoms with E-state index < -0.39 is 0 Å². The molecule has 1 nitrogen and oxygen atoms in total. The third-order valence-corrected chi connectivity index (χ3v) is 4.45. The lowest BCUT2D eigenvalue weighted by atomic mass is 9.79. The first kappa shape index (κ1) is 7.93. The lowest BCUT2D eigenvalue weighted by Crippen LogP contribution is -2.67. The summed E-state index contributed by atoms with van der Waals surface area (Å²) in [6, 6.07) is 0. The van der Waals surface area contributed by atoms with E-state index in [1.807, 2.05) is 0 Å². The molecule has 2 rings (SSSR count). The molecule has 11 heavy (non-hydrogen) atoms. The van der Waals surface area contributed by atoms with Crippen molar-refractivity contribution in [3.8, 4) is 0 Å². The van der Waals surface area contributed by atoms with Crippen molar-refractivity contribution in [2.24, 2.45) is 5.41 Å². The molecule has 2 aliphatic rings. The van der Waals surface area contributed by atoms with Crippen LogP contribution < -0.4 is 0 Å². The first-order valence-electron chi connectivity index (χ1n) is 4.35. The van der Waals surface area contributed by atoms with Gasteiger partial charge in [-0.1, -0.05) is 0 Å². The van der Waals surface area contributed by atoms with E-state index in [1.54, 1.807) is 0 Å². The molecule has 2 saturated heterocycles. The van der Waals surface area contributed by atoms with Gasteiger partial charge in [-0.3, -0.25) is 4.90 Å². The van der Waals surface area contributed by atoms with Gasteiger partial charge in [-0.2, -0.15) is 11.8 Å². The Kier molecular flexibility index (Phi) is 1.56. The molecule has 2 heteroatoms. The van der Waals surface area contributed by atoms with E-state index in [1.165, 1.54) is 24.6 Å². The van der Waals surface area contributed by atoms with E-state index in [4.69, 9.17) is 0 Å². The monoisotopic (exact) mass is 171 g/mol. The van der Waals surface area contributed by atoms with Crippen LogP contribution in [0.4, 0.5) is 0 Å². The van der Waals surface area contributed by atoms with E-state index in [0.29, 0.717) is 5.54 Å². The lowest BCUT2D eigenvalue weighted by molar-refractivity contribution is -0.0372. The van der Waals surface area contributed by atoms with Gasteiger partial charge in [0.25, 0.3) is 0 Å². The zero-order valence-corrected chi connectivity index (χ0v) is 8.50. The fourth-order valence-corrected chi connectivity index (χ4v) is 2.96. The fourth-order valence-electron chi connectivity index (χ4n) is 1.81. The van der Waals surface area contributed by atoms with Gasteiger partial charge in [0.2, 0.25) is 0 Å². The summed E-state index contributed by atoms with van der Waals surface area (Å²) in [6.45, 7) is 9.63. The van der Waals surface area contributed by atoms with Crippen LogP contribution in [-0.2, 0) is 0 Å². The predicted molar refractivity (Wildman–Crippen MR) is 51.1 cm³/mol. The third kappa shape index (κ3) is 1.20. The molecule has 0 aromatic heterocycles. The minimum atomic E-state index is 0.408. The zero-order chi connectivity index (χ0) is 8.11. The summed E-state index contributed by atoms with van der Waals surface area (Å²) >= 11 is 2.11. The van der Waals surface area contributed by atoms with Gasteiger partial charge < -0.3 is 0 Å². The molecule has 2 fully saturated rings. The average Bonchev–Trinajstić information content (AvgIpc) is 1.49. The minimum Gasteiger partial charge on any atom is -0.297 e. The van der Waals surface area contributed by atoms with Gasteiger partial charge in [-0.25, -0.2) is 0 Å². The number of likely N-dealkylation sites (tertiary alicyclic amines) is 1. The summed E-state index contributed by atoms with van der Waals surface area (Å²) < 4.78 is 0. The predicted octanol–water partition coefficient (Wildman–Crippen LogP) is 1.83. The Hall–Kier alpha value is 0.310. The fraction of sp³-hybridized carbons (Fsp3) is 1.00. The van der Waals surface area contributed by atoms with Crippen molar-refractivity contribution in [3.63, 3.8) is 0 Å². The number of hydrogen-bond acceptors (Lipinski definition) is 2. The number of thioether (sulfide) groups is 1. The minimum absolute atomic E-state index is 0.408. The molecular weight excluding hydrogens is 154 g/mol. The summed E-state index contributed by atoms with van der Waals surface area (Å²) in [4.78, 5) is 2.59. The molecule has 1 spiro atoms. The standard InChI is InChI=1S/C9H17NS/c1-8(2,3)10-4-9(5-10)6-11-7-9/h4-7H2,1-3H3. The van der Waals surface area contributed by atoms with Crippen LogP contribution in [0.15, 0.2) is 0 Å². The van der Waals surface area contributed by atoms with Crippen molar-refractivity contribution >= 4 is 11.8 Å². The highest BCUT2D eigenvalue weighted by Crippen LogP contribution is 2.47. The van der Waals surface area contributed by atoms with Gasteiger partial charge in [0.1, 0.15) is 0 Å². The normalized spacial score (nSPS) is 29.7. The summed E-state index contributed by atoms with van der Waals surface area (Å²) in [7, 11) is 0. The highest BCUT2D eigenvalue weighted by atomic mass is 32.2. The van der Waals surface area contributed by atoms with Crippen molar-refractivity contribution in [1.82, 2.24) is 4.90 Å². The van der Waals surface area contributed by atoms with Crippen molar-refractivity contribution in [2.75, 3.05) is 24.6 Å². The van der Waals surface area contributed by atoms with Crippen LogP contribution >= 0.6 is 11.8 Å². The molecule has 0 N–H and O–H groups in total.